The normalized spacial score (nSPS) is 11.1. The van der Waals surface area contributed by atoms with E-state index in [9.17, 15) is 4.39 Å². The topological polar surface area (TPSA) is 23.8 Å². The first-order valence-corrected chi connectivity index (χ1v) is 5.70. The number of nitrogens with zero attached hydrogens (tertiary/aromatic N) is 1. The molecule has 18 heavy (non-hydrogen) atoms. The van der Waals surface area contributed by atoms with Gasteiger partial charge in [0.1, 0.15) is 5.82 Å². The fourth-order valence-electron chi connectivity index (χ4n) is 1.57. The molecule has 3 heteroatoms. The molecule has 0 unspecified atom stereocenters. The Kier molecular flexibility index (Phi) is 3.76. The molecule has 0 aromatic heterocycles. The molecule has 2 rings (SSSR count). The maximum absolute atomic E-state index is 13.0. The monoisotopic (exact) mass is 257 g/mol. The van der Waals surface area contributed by atoms with Crippen LogP contribution in [0.5, 0.6) is 0 Å². The van der Waals surface area contributed by atoms with Gasteiger partial charge in [-0.2, -0.15) is 5.26 Å². The molecule has 0 amide bonds. The molecule has 2 aromatic rings. The van der Waals surface area contributed by atoms with Gasteiger partial charge >= 0.3 is 0 Å². The quantitative estimate of drug-likeness (QED) is 0.572. The highest BCUT2D eigenvalue weighted by molar-refractivity contribution is 6.30. The van der Waals surface area contributed by atoms with Crippen LogP contribution >= 0.6 is 11.6 Å². The third-order valence-electron chi connectivity index (χ3n) is 2.44. The van der Waals surface area contributed by atoms with Crippen molar-refractivity contribution in [3.63, 3.8) is 0 Å². The van der Waals surface area contributed by atoms with Crippen molar-refractivity contribution in [3.8, 4) is 6.07 Å². The summed E-state index contributed by atoms with van der Waals surface area (Å²) < 4.78 is 13.0. The predicted octanol–water partition coefficient (Wildman–Crippen LogP) is 4.54. The number of rotatable bonds is 2. The molecule has 0 aliphatic heterocycles. The van der Waals surface area contributed by atoms with Gasteiger partial charge in [-0.15, -0.1) is 0 Å². The predicted molar refractivity (Wildman–Crippen MR) is 71.3 cm³/mol. The molecule has 0 aliphatic carbocycles. The Labute approximate surface area is 110 Å². The molecule has 0 fully saturated rings. The smallest absolute Gasteiger partial charge is 0.123 e. The van der Waals surface area contributed by atoms with Gasteiger partial charge in [0.05, 0.1) is 11.6 Å². The van der Waals surface area contributed by atoms with E-state index in [-0.39, 0.29) is 5.82 Å². The van der Waals surface area contributed by atoms with Crippen molar-refractivity contribution in [1.82, 2.24) is 0 Å². The molecule has 0 atom stereocenters. The fraction of sp³-hybridized carbons (Fsp3) is 0. The van der Waals surface area contributed by atoms with E-state index in [1.165, 1.54) is 12.1 Å². The molecule has 0 saturated heterocycles. The molecule has 0 saturated carbocycles. The van der Waals surface area contributed by atoms with Crippen LogP contribution in [-0.4, -0.2) is 0 Å². The van der Waals surface area contributed by atoms with Crippen LogP contribution in [0.3, 0.4) is 0 Å². The van der Waals surface area contributed by atoms with Crippen LogP contribution in [0.15, 0.2) is 48.5 Å². The van der Waals surface area contributed by atoms with Crippen molar-refractivity contribution in [2.45, 2.75) is 0 Å². The Hall–Kier alpha value is -2.11. The zero-order valence-corrected chi connectivity index (χ0v) is 10.2. The maximum Gasteiger partial charge on any atom is 0.123 e. The van der Waals surface area contributed by atoms with E-state index in [2.05, 4.69) is 6.07 Å². The number of hydrogen-bond acceptors (Lipinski definition) is 1. The molecule has 0 aliphatic rings. The lowest BCUT2D eigenvalue weighted by Gasteiger charge is -2.00. The van der Waals surface area contributed by atoms with Crippen LogP contribution in [-0.2, 0) is 0 Å². The van der Waals surface area contributed by atoms with Crippen molar-refractivity contribution in [2.24, 2.45) is 0 Å². The lowest BCUT2D eigenvalue weighted by molar-refractivity contribution is 0.627. The van der Waals surface area contributed by atoms with E-state index in [0.29, 0.717) is 16.2 Å². The number of allylic oxidation sites excluding steroid dienone is 1. The van der Waals surface area contributed by atoms with Crippen molar-refractivity contribution in [3.05, 3.63) is 70.5 Å². The van der Waals surface area contributed by atoms with Gasteiger partial charge in [-0.1, -0.05) is 35.9 Å². The lowest BCUT2D eigenvalue weighted by atomic mass is 10.0. The Bertz CT molecular complexity index is 624. The Morgan fingerprint density at radius 1 is 1.17 bits per heavy atom. The van der Waals surface area contributed by atoms with Crippen LogP contribution in [0.2, 0.25) is 5.02 Å². The first-order chi connectivity index (χ1) is 8.69. The highest BCUT2D eigenvalue weighted by atomic mass is 35.5. The minimum Gasteiger partial charge on any atom is -0.207 e. The standard InChI is InChI=1S/C15H9ClFN/c16-14-6-4-12(5-7-14)13(10-18)8-11-2-1-3-15(17)9-11/h1-9H/b13-8+. The molecule has 0 spiro atoms. The summed E-state index contributed by atoms with van der Waals surface area (Å²) in [5, 5.41) is 9.75. The second kappa shape index (κ2) is 5.48. The van der Waals surface area contributed by atoms with E-state index in [1.54, 1.807) is 42.5 Å². The van der Waals surface area contributed by atoms with Gasteiger partial charge in [0, 0.05) is 5.02 Å². The summed E-state index contributed by atoms with van der Waals surface area (Å²) in [6, 6.07) is 15.2. The average molecular weight is 258 g/mol. The van der Waals surface area contributed by atoms with Crippen LogP contribution < -0.4 is 0 Å². The van der Waals surface area contributed by atoms with Gasteiger partial charge in [-0.3, -0.25) is 0 Å². The Balaban J connectivity index is 2.40. The van der Waals surface area contributed by atoms with Crippen LogP contribution in [0, 0.1) is 17.1 Å². The molecule has 0 N–H and O–H groups in total. The summed E-state index contributed by atoms with van der Waals surface area (Å²) in [5.74, 6) is -0.322. The van der Waals surface area contributed by atoms with Crippen molar-refractivity contribution >= 4 is 23.3 Å². The maximum atomic E-state index is 13.0. The van der Waals surface area contributed by atoms with Crippen LogP contribution in [0.4, 0.5) is 4.39 Å². The number of nitriles is 1. The summed E-state index contributed by atoms with van der Waals surface area (Å²) in [6.45, 7) is 0. The molecule has 0 heterocycles. The van der Waals surface area contributed by atoms with Gasteiger partial charge in [-0.05, 0) is 41.5 Å². The second-order valence-electron chi connectivity index (χ2n) is 3.73. The van der Waals surface area contributed by atoms with Crippen molar-refractivity contribution in [1.29, 1.82) is 5.26 Å². The van der Waals surface area contributed by atoms with Crippen molar-refractivity contribution in [2.75, 3.05) is 0 Å². The summed E-state index contributed by atoms with van der Waals surface area (Å²) in [4.78, 5) is 0. The summed E-state index contributed by atoms with van der Waals surface area (Å²) in [6.07, 6.45) is 1.65. The van der Waals surface area contributed by atoms with Gasteiger partial charge in [0.25, 0.3) is 0 Å². The molecule has 1 nitrogen and oxygen atoms in total. The van der Waals surface area contributed by atoms with E-state index in [1.807, 2.05) is 0 Å². The minimum atomic E-state index is -0.322. The highest BCUT2D eigenvalue weighted by Gasteiger charge is 2.01. The SMILES string of the molecule is N#C/C(=C\c1cccc(F)c1)c1ccc(Cl)cc1. The average Bonchev–Trinajstić information content (AvgIpc) is 2.37. The lowest BCUT2D eigenvalue weighted by Crippen LogP contribution is -1.82. The molecule has 0 bridgehead atoms. The van der Waals surface area contributed by atoms with Crippen LogP contribution in [0.25, 0.3) is 11.6 Å². The van der Waals surface area contributed by atoms with E-state index < -0.39 is 0 Å². The Morgan fingerprint density at radius 3 is 2.50 bits per heavy atom. The molecule has 2 aromatic carbocycles. The second-order valence-corrected chi connectivity index (χ2v) is 4.17. The zero-order chi connectivity index (χ0) is 13.0. The first-order valence-electron chi connectivity index (χ1n) is 5.32. The van der Waals surface area contributed by atoms with E-state index in [0.717, 1.165) is 5.56 Å². The summed E-state index contributed by atoms with van der Waals surface area (Å²) in [7, 11) is 0. The number of benzene rings is 2. The number of halogens is 2. The third-order valence-corrected chi connectivity index (χ3v) is 2.69. The number of hydrogen-bond donors (Lipinski definition) is 0. The molecular weight excluding hydrogens is 249 g/mol. The fourth-order valence-corrected chi connectivity index (χ4v) is 1.70. The van der Waals surface area contributed by atoms with E-state index >= 15 is 0 Å². The largest absolute Gasteiger partial charge is 0.207 e. The first kappa shape index (κ1) is 12.3. The van der Waals surface area contributed by atoms with Gasteiger partial charge in [-0.25, -0.2) is 4.39 Å². The summed E-state index contributed by atoms with van der Waals surface area (Å²) >= 11 is 5.79. The van der Waals surface area contributed by atoms with Gasteiger partial charge < -0.3 is 0 Å². The zero-order valence-electron chi connectivity index (χ0n) is 9.40. The molecular formula is C15H9ClFN. The molecule has 88 valence electrons. The van der Waals surface area contributed by atoms with Crippen molar-refractivity contribution < 1.29 is 4.39 Å². The van der Waals surface area contributed by atoms with Gasteiger partial charge in [0.2, 0.25) is 0 Å². The Morgan fingerprint density at radius 2 is 1.89 bits per heavy atom. The third kappa shape index (κ3) is 2.97. The summed E-state index contributed by atoms with van der Waals surface area (Å²) in [5.41, 5.74) is 1.88. The minimum absolute atomic E-state index is 0.322. The van der Waals surface area contributed by atoms with Gasteiger partial charge in [0.15, 0.2) is 0 Å². The molecule has 0 radical (unpaired) electrons. The highest BCUT2D eigenvalue weighted by Crippen LogP contribution is 2.20. The van der Waals surface area contributed by atoms with E-state index in [4.69, 9.17) is 16.9 Å². The van der Waals surface area contributed by atoms with Crippen LogP contribution in [0.1, 0.15) is 11.1 Å².